The van der Waals surface area contributed by atoms with E-state index >= 15 is 0 Å². The van der Waals surface area contributed by atoms with E-state index in [0.29, 0.717) is 13.0 Å². The Balaban J connectivity index is 1.87. The van der Waals surface area contributed by atoms with Crippen LogP contribution in [-0.2, 0) is 4.79 Å². The molecule has 0 aromatic heterocycles. The summed E-state index contributed by atoms with van der Waals surface area (Å²) < 4.78 is 0. The zero-order valence-electron chi connectivity index (χ0n) is 14.3. The second-order valence-electron chi connectivity index (χ2n) is 6.02. The third-order valence-corrected chi connectivity index (χ3v) is 4.39. The van der Waals surface area contributed by atoms with Crippen molar-refractivity contribution in [2.75, 3.05) is 24.2 Å². The number of carbonyl (C=O) groups is 1. The number of anilines is 2. The van der Waals surface area contributed by atoms with Gasteiger partial charge in [0.15, 0.2) is 0 Å². The van der Waals surface area contributed by atoms with Crippen molar-refractivity contribution in [3.63, 3.8) is 0 Å². The monoisotopic (exact) mass is 333 g/mol. The number of hydrogen-bond donors (Lipinski definition) is 3. The van der Waals surface area contributed by atoms with E-state index in [4.69, 9.17) is 5.73 Å². The van der Waals surface area contributed by atoms with E-state index in [1.807, 2.05) is 67.7 Å². The van der Waals surface area contributed by atoms with Crippen molar-refractivity contribution in [3.8, 4) is 0 Å². The summed E-state index contributed by atoms with van der Waals surface area (Å²) in [5.41, 5.74) is 8.54. The molecule has 128 valence electrons. The molecule has 0 bridgehead atoms. The Hall–Kier alpha value is -2.85. The van der Waals surface area contributed by atoms with E-state index in [-0.39, 0.29) is 11.8 Å². The lowest BCUT2D eigenvalue weighted by molar-refractivity contribution is -0.117. The smallest absolute Gasteiger partial charge is 0.231 e. The zero-order chi connectivity index (χ0) is 17.6. The number of amides is 1. The highest BCUT2D eigenvalue weighted by Gasteiger charge is 2.20. The maximum absolute atomic E-state index is 12.8. The summed E-state index contributed by atoms with van der Waals surface area (Å²) >= 11 is 0. The molecule has 4 nitrogen and oxygen atoms in total. The van der Waals surface area contributed by atoms with Gasteiger partial charge >= 0.3 is 0 Å². The molecule has 0 saturated carbocycles. The molecule has 25 heavy (non-hydrogen) atoms. The first-order chi connectivity index (χ1) is 12.2. The molecular formula is C21H23N3O. The van der Waals surface area contributed by atoms with E-state index in [0.717, 1.165) is 27.7 Å². The highest BCUT2D eigenvalue weighted by atomic mass is 16.1. The van der Waals surface area contributed by atoms with Gasteiger partial charge in [-0.05, 0) is 42.1 Å². The van der Waals surface area contributed by atoms with Gasteiger partial charge in [-0.1, -0.05) is 48.5 Å². The number of fused-ring (bicyclic) bond motifs is 1. The normalized spacial score (nSPS) is 11.9. The molecule has 0 heterocycles. The summed E-state index contributed by atoms with van der Waals surface area (Å²) in [5.74, 6) is -0.278. The van der Waals surface area contributed by atoms with Crippen molar-refractivity contribution in [2.45, 2.75) is 12.3 Å². The van der Waals surface area contributed by atoms with Crippen molar-refractivity contribution >= 4 is 28.1 Å². The quantitative estimate of drug-likeness (QED) is 0.640. The summed E-state index contributed by atoms with van der Waals surface area (Å²) in [4.78, 5) is 12.8. The number of nitrogens with one attached hydrogen (secondary N) is 2. The number of carbonyl (C=O) groups excluding carboxylic acids is 1. The first kappa shape index (κ1) is 17.0. The van der Waals surface area contributed by atoms with Crippen LogP contribution >= 0.6 is 0 Å². The number of hydrogen-bond acceptors (Lipinski definition) is 3. The maximum Gasteiger partial charge on any atom is 0.231 e. The van der Waals surface area contributed by atoms with E-state index in [9.17, 15) is 4.79 Å². The Morgan fingerprint density at radius 3 is 2.56 bits per heavy atom. The molecular weight excluding hydrogens is 310 g/mol. The Bertz CT molecular complexity index is 861. The van der Waals surface area contributed by atoms with E-state index in [1.54, 1.807) is 0 Å². The predicted molar refractivity (Wildman–Crippen MR) is 105 cm³/mol. The molecule has 0 aliphatic carbocycles. The van der Waals surface area contributed by atoms with Crippen LogP contribution in [0.5, 0.6) is 0 Å². The van der Waals surface area contributed by atoms with Gasteiger partial charge in [0.05, 0.1) is 5.92 Å². The second kappa shape index (κ2) is 7.81. The maximum atomic E-state index is 12.8. The Labute approximate surface area is 148 Å². The minimum absolute atomic E-state index is 0.0297. The fourth-order valence-electron chi connectivity index (χ4n) is 3.10. The molecule has 1 amide bonds. The lowest BCUT2D eigenvalue weighted by Crippen LogP contribution is -2.23. The molecule has 0 aliphatic rings. The van der Waals surface area contributed by atoms with E-state index in [1.165, 1.54) is 0 Å². The molecule has 0 aliphatic heterocycles. The molecule has 1 unspecified atom stereocenters. The zero-order valence-corrected chi connectivity index (χ0v) is 14.3. The third kappa shape index (κ3) is 3.80. The van der Waals surface area contributed by atoms with Crippen LogP contribution in [0.4, 0.5) is 11.4 Å². The molecule has 3 rings (SSSR count). The van der Waals surface area contributed by atoms with Gasteiger partial charge in [-0.15, -0.1) is 0 Å². The molecule has 3 aromatic rings. The topological polar surface area (TPSA) is 67.1 Å². The summed E-state index contributed by atoms with van der Waals surface area (Å²) in [6.07, 6.45) is 0.616. The summed E-state index contributed by atoms with van der Waals surface area (Å²) in [6, 6.07) is 21.8. The number of nitrogens with two attached hydrogens (primary N) is 1. The summed E-state index contributed by atoms with van der Waals surface area (Å²) in [7, 11) is 1.90. The average molecular weight is 333 g/mol. The van der Waals surface area contributed by atoms with Crippen LogP contribution in [0, 0.1) is 0 Å². The molecule has 4 N–H and O–H groups in total. The molecule has 4 heteroatoms. The minimum Gasteiger partial charge on any atom is -0.388 e. The van der Waals surface area contributed by atoms with Gasteiger partial charge in [0.2, 0.25) is 5.91 Å². The lowest BCUT2D eigenvalue weighted by Gasteiger charge is -2.17. The molecule has 0 fully saturated rings. The first-order valence-electron chi connectivity index (χ1n) is 8.49. The van der Waals surface area contributed by atoms with Crippen LogP contribution in [-0.4, -0.2) is 19.5 Å². The lowest BCUT2D eigenvalue weighted by atomic mass is 9.94. The molecule has 3 aromatic carbocycles. The van der Waals surface area contributed by atoms with Crippen LogP contribution in [0.3, 0.4) is 0 Å². The third-order valence-electron chi connectivity index (χ3n) is 4.39. The van der Waals surface area contributed by atoms with Crippen molar-refractivity contribution < 1.29 is 4.79 Å². The van der Waals surface area contributed by atoms with Gasteiger partial charge in [0.25, 0.3) is 0 Å². The van der Waals surface area contributed by atoms with Gasteiger partial charge in [-0.3, -0.25) is 4.79 Å². The Morgan fingerprint density at radius 1 is 1.04 bits per heavy atom. The van der Waals surface area contributed by atoms with E-state index < -0.39 is 0 Å². The number of rotatable bonds is 6. The van der Waals surface area contributed by atoms with Crippen molar-refractivity contribution in [1.29, 1.82) is 0 Å². The molecule has 0 radical (unpaired) electrons. The van der Waals surface area contributed by atoms with Crippen molar-refractivity contribution in [3.05, 3.63) is 72.3 Å². The number of benzene rings is 3. The Morgan fingerprint density at radius 2 is 1.84 bits per heavy atom. The van der Waals surface area contributed by atoms with Crippen LogP contribution < -0.4 is 16.4 Å². The summed E-state index contributed by atoms with van der Waals surface area (Å²) in [5, 5.41) is 8.45. The van der Waals surface area contributed by atoms with Crippen LogP contribution in [0.2, 0.25) is 0 Å². The summed E-state index contributed by atoms with van der Waals surface area (Å²) in [6.45, 7) is 0.467. The molecule has 0 saturated heterocycles. The van der Waals surface area contributed by atoms with Crippen LogP contribution in [0.25, 0.3) is 10.8 Å². The fraction of sp³-hybridized carbons (Fsp3) is 0.190. The Kier molecular flexibility index (Phi) is 5.31. The van der Waals surface area contributed by atoms with Crippen LogP contribution in [0.1, 0.15) is 17.9 Å². The largest absolute Gasteiger partial charge is 0.388 e. The van der Waals surface area contributed by atoms with Gasteiger partial charge in [0.1, 0.15) is 0 Å². The van der Waals surface area contributed by atoms with Crippen LogP contribution in [0.15, 0.2) is 66.7 Å². The standard InChI is InChI=1S/C21H23N3O/c1-23-20-9-5-8-16-10-11-17(14-19(16)20)24-21(25)18(12-13-22)15-6-3-2-4-7-15/h2-11,14,18,23H,12-13,22H2,1H3,(H,24,25). The highest BCUT2D eigenvalue weighted by molar-refractivity contribution is 6.00. The SMILES string of the molecule is CNc1cccc2ccc(NC(=O)C(CCN)c3ccccc3)cc12. The second-order valence-corrected chi connectivity index (χ2v) is 6.02. The average Bonchev–Trinajstić information content (AvgIpc) is 2.66. The van der Waals surface area contributed by atoms with Gasteiger partial charge < -0.3 is 16.4 Å². The fourth-order valence-corrected chi connectivity index (χ4v) is 3.10. The highest BCUT2D eigenvalue weighted by Crippen LogP contribution is 2.27. The minimum atomic E-state index is -0.249. The van der Waals surface area contributed by atoms with E-state index in [2.05, 4.69) is 16.7 Å². The van der Waals surface area contributed by atoms with Gasteiger partial charge in [0, 0.05) is 23.8 Å². The molecule has 1 atom stereocenters. The molecule has 0 spiro atoms. The van der Waals surface area contributed by atoms with Gasteiger partial charge in [-0.25, -0.2) is 0 Å². The van der Waals surface area contributed by atoms with Crippen molar-refractivity contribution in [2.24, 2.45) is 5.73 Å². The predicted octanol–water partition coefficient (Wildman–Crippen LogP) is 3.95. The van der Waals surface area contributed by atoms with Crippen molar-refractivity contribution in [1.82, 2.24) is 0 Å². The first-order valence-corrected chi connectivity index (χ1v) is 8.49. The van der Waals surface area contributed by atoms with Gasteiger partial charge in [-0.2, -0.15) is 0 Å².